The van der Waals surface area contributed by atoms with E-state index in [1.54, 1.807) is 0 Å². The van der Waals surface area contributed by atoms with Crippen LogP contribution in [0.15, 0.2) is 122 Å². The van der Waals surface area contributed by atoms with Crippen molar-refractivity contribution in [2.75, 3.05) is 13.2 Å². The first-order chi connectivity index (χ1) is 33.5. The minimum Gasteiger partial charge on any atom is -0.462 e. The summed E-state index contributed by atoms with van der Waals surface area (Å²) >= 11 is 0. The number of hydrogen-bond donors (Lipinski definition) is 0. The first-order valence-corrected chi connectivity index (χ1v) is 27.5. The fourth-order valence-electron chi connectivity index (χ4n) is 7.11. The van der Waals surface area contributed by atoms with E-state index in [0.717, 1.165) is 122 Å². The summed E-state index contributed by atoms with van der Waals surface area (Å²) in [5, 5.41) is 0. The molecule has 0 radical (unpaired) electrons. The molecule has 0 N–H and O–H groups in total. The summed E-state index contributed by atoms with van der Waals surface area (Å²) in [5.41, 5.74) is 0. The van der Waals surface area contributed by atoms with Gasteiger partial charge in [0.2, 0.25) is 0 Å². The van der Waals surface area contributed by atoms with Crippen molar-refractivity contribution in [2.45, 2.75) is 239 Å². The van der Waals surface area contributed by atoms with Crippen LogP contribution in [0, 0.1) is 0 Å². The Morgan fingerprint density at radius 3 is 0.956 bits per heavy atom. The predicted octanol–water partition coefficient (Wildman–Crippen LogP) is 18.5. The highest BCUT2D eigenvalue weighted by Crippen LogP contribution is 2.13. The molecule has 1 atom stereocenters. The average molecular weight is 941 g/mol. The van der Waals surface area contributed by atoms with Gasteiger partial charge >= 0.3 is 17.9 Å². The standard InChI is InChI=1S/C62H100O6/c1-4-7-10-13-16-19-22-25-27-29-30-31-32-34-35-37-40-43-46-49-52-55-61(64)67-58-59(57-66-60(63)54-51-48-45-42-39-24-21-18-15-12-9-6-3)68-62(65)56-53-50-47-44-41-38-36-33-28-26-23-20-17-14-11-8-5-2/h7-8,10-11,16-21,25-28,30-31,36,38,44,47,59H,4-6,9,12-15,22-24,29,32-35,37,39-43,45-46,48-58H2,1-3H3/b10-7-,11-8-,19-16-,20-17-,21-18-,27-25-,28-26-,31-30-,38-36-,47-44-. The van der Waals surface area contributed by atoms with Gasteiger partial charge < -0.3 is 14.2 Å². The summed E-state index contributed by atoms with van der Waals surface area (Å²) in [6, 6.07) is 0. The molecule has 0 rings (SSSR count). The van der Waals surface area contributed by atoms with Crippen LogP contribution in [-0.2, 0) is 28.6 Å². The molecule has 0 bridgehead atoms. The molecule has 0 aliphatic rings. The number of unbranched alkanes of at least 4 members (excludes halogenated alkanes) is 17. The van der Waals surface area contributed by atoms with Crippen LogP contribution in [0.2, 0.25) is 0 Å². The zero-order chi connectivity index (χ0) is 49.3. The lowest BCUT2D eigenvalue weighted by Crippen LogP contribution is -2.30. The highest BCUT2D eigenvalue weighted by Gasteiger charge is 2.19. The molecule has 0 fully saturated rings. The normalized spacial score (nSPS) is 13.0. The van der Waals surface area contributed by atoms with Crippen LogP contribution >= 0.6 is 0 Å². The Balaban J connectivity index is 4.47. The van der Waals surface area contributed by atoms with Crippen LogP contribution in [0.4, 0.5) is 0 Å². The van der Waals surface area contributed by atoms with E-state index in [2.05, 4.69) is 142 Å². The van der Waals surface area contributed by atoms with Crippen molar-refractivity contribution >= 4 is 17.9 Å². The Bertz CT molecular complexity index is 1450. The van der Waals surface area contributed by atoms with Gasteiger partial charge in [0.1, 0.15) is 13.2 Å². The van der Waals surface area contributed by atoms with Crippen LogP contribution in [-0.4, -0.2) is 37.2 Å². The van der Waals surface area contributed by atoms with Gasteiger partial charge in [-0.2, -0.15) is 0 Å². The van der Waals surface area contributed by atoms with Crippen molar-refractivity contribution in [3.63, 3.8) is 0 Å². The predicted molar refractivity (Wildman–Crippen MR) is 293 cm³/mol. The molecule has 0 aliphatic heterocycles. The summed E-state index contributed by atoms with van der Waals surface area (Å²) in [5.74, 6) is -0.991. The van der Waals surface area contributed by atoms with E-state index in [4.69, 9.17) is 14.2 Å². The van der Waals surface area contributed by atoms with Gasteiger partial charge in [-0.05, 0) is 122 Å². The van der Waals surface area contributed by atoms with E-state index in [1.165, 1.54) is 64.2 Å². The highest BCUT2D eigenvalue weighted by molar-refractivity contribution is 5.71. The molecular formula is C62H100O6. The number of ether oxygens (including phenoxy) is 3. The second-order valence-electron chi connectivity index (χ2n) is 17.7. The topological polar surface area (TPSA) is 78.9 Å². The van der Waals surface area contributed by atoms with Gasteiger partial charge in [-0.3, -0.25) is 14.4 Å². The Morgan fingerprint density at radius 2 is 0.588 bits per heavy atom. The van der Waals surface area contributed by atoms with Crippen LogP contribution in [0.5, 0.6) is 0 Å². The first kappa shape index (κ1) is 63.8. The average Bonchev–Trinajstić information content (AvgIpc) is 3.34. The van der Waals surface area contributed by atoms with E-state index >= 15 is 0 Å². The molecule has 0 spiro atoms. The molecule has 0 amide bonds. The Labute approximate surface area is 418 Å². The monoisotopic (exact) mass is 941 g/mol. The van der Waals surface area contributed by atoms with Gasteiger partial charge in [0, 0.05) is 19.3 Å². The molecule has 0 saturated carbocycles. The van der Waals surface area contributed by atoms with Gasteiger partial charge in [0.15, 0.2) is 6.10 Å². The van der Waals surface area contributed by atoms with Crippen LogP contribution < -0.4 is 0 Å². The molecule has 0 aliphatic carbocycles. The molecule has 6 nitrogen and oxygen atoms in total. The molecular weight excluding hydrogens is 841 g/mol. The maximum absolute atomic E-state index is 12.8. The molecule has 384 valence electrons. The third-order valence-electron chi connectivity index (χ3n) is 11.2. The van der Waals surface area contributed by atoms with Crippen molar-refractivity contribution in [1.29, 1.82) is 0 Å². The second kappa shape index (κ2) is 55.4. The summed E-state index contributed by atoms with van der Waals surface area (Å²) < 4.78 is 16.8. The number of esters is 3. The van der Waals surface area contributed by atoms with Gasteiger partial charge in [0.05, 0.1) is 0 Å². The molecule has 1 unspecified atom stereocenters. The van der Waals surface area contributed by atoms with Crippen molar-refractivity contribution in [2.24, 2.45) is 0 Å². The molecule has 0 aromatic rings. The molecule has 68 heavy (non-hydrogen) atoms. The fraction of sp³-hybridized carbons (Fsp3) is 0.629. The highest BCUT2D eigenvalue weighted by atomic mass is 16.6. The minimum absolute atomic E-state index is 0.110. The SMILES string of the molecule is CC/C=C\C/C=C\C/C=C\C/C=C\C/C=C\CCCC(=O)OC(COC(=O)CCCCCCC/C=C\CCCCC)COC(=O)CCCCCCCCCC/C=C\C/C=C\C/C=C\C/C=C\CC. The Kier molecular flexibility index (Phi) is 52.0. The van der Waals surface area contributed by atoms with Crippen LogP contribution in [0.25, 0.3) is 0 Å². The quantitative estimate of drug-likeness (QED) is 0.0262. The molecule has 0 aromatic carbocycles. The molecule has 0 aromatic heterocycles. The summed E-state index contributed by atoms with van der Waals surface area (Å²) in [4.78, 5) is 38.1. The van der Waals surface area contributed by atoms with Gasteiger partial charge in [0.25, 0.3) is 0 Å². The van der Waals surface area contributed by atoms with Gasteiger partial charge in [-0.15, -0.1) is 0 Å². The number of hydrogen-bond acceptors (Lipinski definition) is 6. The summed E-state index contributed by atoms with van der Waals surface area (Å²) in [6.07, 6.45) is 76.2. The molecule has 6 heteroatoms. The molecule has 0 heterocycles. The number of carbonyl (C=O) groups is 3. The number of allylic oxidation sites excluding steroid dienone is 20. The summed E-state index contributed by atoms with van der Waals surface area (Å²) in [7, 11) is 0. The Morgan fingerprint density at radius 1 is 0.309 bits per heavy atom. The van der Waals surface area contributed by atoms with Gasteiger partial charge in [-0.25, -0.2) is 0 Å². The van der Waals surface area contributed by atoms with Gasteiger partial charge in [-0.1, -0.05) is 213 Å². The summed E-state index contributed by atoms with van der Waals surface area (Å²) in [6.45, 7) is 6.32. The lowest BCUT2D eigenvalue weighted by atomic mass is 10.1. The zero-order valence-electron chi connectivity index (χ0n) is 43.8. The van der Waals surface area contributed by atoms with E-state index < -0.39 is 6.10 Å². The third kappa shape index (κ3) is 52.8. The van der Waals surface area contributed by atoms with Crippen molar-refractivity contribution in [3.05, 3.63) is 122 Å². The van der Waals surface area contributed by atoms with Crippen LogP contribution in [0.1, 0.15) is 233 Å². The van der Waals surface area contributed by atoms with Crippen molar-refractivity contribution in [1.82, 2.24) is 0 Å². The first-order valence-electron chi connectivity index (χ1n) is 27.5. The van der Waals surface area contributed by atoms with Crippen molar-refractivity contribution in [3.8, 4) is 0 Å². The number of carbonyl (C=O) groups excluding carboxylic acids is 3. The molecule has 0 saturated heterocycles. The van der Waals surface area contributed by atoms with E-state index in [1.807, 2.05) is 0 Å². The fourth-order valence-corrected chi connectivity index (χ4v) is 7.11. The minimum atomic E-state index is -0.818. The second-order valence-corrected chi connectivity index (χ2v) is 17.7. The zero-order valence-corrected chi connectivity index (χ0v) is 43.8. The van der Waals surface area contributed by atoms with E-state index in [0.29, 0.717) is 19.3 Å². The van der Waals surface area contributed by atoms with E-state index in [9.17, 15) is 14.4 Å². The lowest BCUT2D eigenvalue weighted by Gasteiger charge is -2.18. The van der Waals surface area contributed by atoms with Crippen molar-refractivity contribution < 1.29 is 28.6 Å². The maximum atomic E-state index is 12.8. The Hall–Kier alpha value is -4.19. The lowest BCUT2D eigenvalue weighted by molar-refractivity contribution is -0.167. The number of rotatable bonds is 48. The van der Waals surface area contributed by atoms with E-state index in [-0.39, 0.29) is 37.5 Å². The third-order valence-corrected chi connectivity index (χ3v) is 11.2. The largest absolute Gasteiger partial charge is 0.462 e. The van der Waals surface area contributed by atoms with Crippen LogP contribution in [0.3, 0.4) is 0 Å². The maximum Gasteiger partial charge on any atom is 0.306 e. The smallest absolute Gasteiger partial charge is 0.306 e.